The first-order chi connectivity index (χ1) is 7.19. The summed E-state index contributed by atoms with van der Waals surface area (Å²) in [6.45, 7) is 2.72. The number of hydrogen-bond donors (Lipinski definition) is 2. The van der Waals surface area contributed by atoms with E-state index in [2.05, 4.69) is 15.6 Å². The highest BCUT2D eigenvalue weighted by Crippen LogP contribution is 2.03. The smallest absolute Gasteiger partial charge is 0.274 e. The van der Waals surface area contributed by atoms with Gasteiger partial charge in [-0.2, -0.15) is 0 Å². The molecule has 1 aromatic heterocycles. The lowest BCUT2D eigenvalue weighted by atomic mass is 10.3. The van der Waals surface area contributed by atoms with Crippen molar-refractivity contribution in [1.82, 2.24) is 15.1 Å². The lowest BCUT2D eigenvalue weighted by molar-refractivity contribution is 0.0788. The molecule has 0 bridgehead atoms. The Morgan fingerprint density at radius 3 is 2.73 bits per heavy atom. The molecule has 0 saturated carbocycles. The summed E-state index contributed by atoms with van der Waals surface area (Å²) in [5.41, 5.74) is 2.67. The van der Waals surface area contributed by atoms with E-state index in [-0.39, 0.29) is 5.91 Å². The van der Waals surface area contributed by atoms with Gasteiger partial charge in [0.05, 0.1) is 0 Å². The monoisotopic (exact) mass is 209 g/mol. The van der Waals surface area contributed by atoms with Crippen molar-refractivity contribution in [3.05, 3.63) is 17.8 Å². The second-order valence-corrected chi connectivity index (χ2v) is 3.17. The van der Waals surface area contributed by atoms with E-state index in [9.17, 15) is 4.79 Å². The predicted octanol–water partition coefficient (Wildman–Crippen LogP) is 0.244. The van der Waals surface area contributed by atoms with Gasteiger partial charge >= 0.3 is 0 Å². The molecule has 0 spiro atoms. The molecule has 82 valence electrons. The van der Waals surface area contributed by atoms with Gasteiger partial charge in [-0.3, -0.25) is 4.79 Å². The molecule has 0 aliphatic heterocycles. The first-order valence-electron chi connectivity index (χ1n) is 4.74. The highest BCUT2D eigenvalue weighted by atomic mass is 16.2. The first kappa shape index (κ1) is 11.4. The number of aromatic nitrogens is 2. The van der Waals surface area contributed by atoms with Crippen LogP contribution in [0.2, 0.25) is 0 Å². The number of nitrogens with zero attached hydrogens (tertiary/aromatic N) is 3. The van der Waals surface area contributed by atoms with Crippen molar-refractivity contribution in [2.45, 2.75) is 13.3 Å². The minimum absolute atomic E-state index is 0.132. The molecule has 0 radical (unpaired) electrons. The van der Waals surface area contributed by atoms with Gasteiger partial charge in [0.1, 0.15) is 0 Å². The number of nitrogens with one attached hydrogen (secondary N) is 1. The summed E-state index contributed by atoms with van der Waals surface area (Å²) in [4.78, 5) is 13.3. The number of hydrazine groups is 1. The lowest BCUT2D eigenvalue weighted by Gasteiger charge is -2.14. The van der Waals surface area contributed by atoms with Crippen LogP contribution in [0.25, 0.3) is 0 Å². The Morgan fingerprint density at radius 1 is 1.53 bits per heavy atom. The maximum absolute atomic E-state index is 11.7. The van der Waals surface area contributed by atoms with Crippen molar-refractivity contribution in [3.8, 4) is 0 Å². The normalized spacial score (nSPS) is 9.80. The van der Waals surface area contributed by atoms with Gasteiger partial charge in [0.15, 0.2) is 11.5 Å². The van der Waals surface area contributed by atoms with Crippen LogP contribution >= 0.6 is 0 Å². The molecule has 0 fully saturated rings. The molecule has 15 heavy (non-hydrogen) atoms. The molecule has 0 aromatic carbocycles. The second kappa shape index (κ2) is 5.26. The van der Waals surface area contributed by atoms with Gasteiger partial charge in [0, 0.05) is 13.6 Å². The van der Waals surface area contributed by atoms with Crippen molar-refractivity contribution >= 4 is 11.7 Å². The molecular weight excluding hydrogens is 194 g/mol. The quantitative estimate of drug-likeness (QED) is 0.548. The zero-order valence-electron chi connectivity index (χ0n) is 8.90. The summed E-state index contributed by atoms with van der Waals surface area (Å²) in [6, 6.07) is 3.21. The van der Waals surface area contributed by atoms with E-state index in [1.165, 1.54) is 0 Å². The average molecular weight is 209 g/mol. The SMILES string of the molecule is CCCN(C)C(=O)c1ccc(NN)nn1. The number of rotatable bonds is 4. The van der Waals surface area contributed by atoms with Crippen LogP contribution in [0.3, 0.4) is 0 Å². The highest BCUT2D eigenvalue weighted by molar-refractivity contribution is 5.92. The fraction of sp³-hybridized carbons (Fsp3) is 0.444. The maximum Gasteiger partial charge on any atom is 0.274 e. The van der Waals surface area contributed by atoms with Crippen molar-refractivity contribution < 1.29 is 4.79 Å². The lowest BCUT2D eigenvalue weighted by Crippen LogP contribution is -2.28. The molecule has 0 aliphatic rings. The van der Waals surface area contributed by atoms with Gasteiger partial charge in [-0.15, -0.1) is 10.2 Å². The van der Waals surface area contributed by atoms with E-state index in [1.807, 2.05) is 6.92 Å². The Hall–Kier alpha value is -1.69. The van der Waals surface area contributed by atoms with Gasteiger partial charge in [0.25, 0.3) is 5.91 Å². The Balaban J connectivity index is 2.73. The Kier molecular flexibility index (Phi) is 3.99. The summed E-state index contributed by atoms with van der Waals surface area (Å²) < 4.78 is 0. The molecule has 0 atom stereocenters. The van der Waals surface area contributed by atoms with Crippen LogP contribution in [0.15, 0.2) is 12.1 Å². The van der Waals surface area contributed by atoms with E-state index in [1.54, 1.807) is 24.1 Å². The Labute approximate surface area is 88.4 Å². The van der Waals surface area contributed by atoms with E-state index in [0.29, 0.717) is 18.1 Å². The second-order valence-electron chi connectivity index (χ2n) is 3.17. The molecule has 1 aromatic rings. The summed E-state index contributed by atoms with van der Waals surface area (Å²) in [5.74, 6) is 5.44. The van der Waals surface area contributed by atoms with Gasteiger partial charge in [-0.25, -0.2) is 5.84 Å². The number of hydrogen-bond acceptors (Lipinski definition) is 5. The molecule has 6 heteroatoms. The van der Waals surface area contributed by atoms with Gasteiger partial charge in [-0.1, -0.05) is 6.92 Å². The number of carbonyl (C=O) groups excluding carboxylic acids is 1. The minimum atomic E-state index is -0.132. The number of carbonyl (C=O) groups is 1. The van der Waals surface area contributed by atoms with Crippen LogP contribution < -0.4 is 11.3 Å². The average Bonchev–Trinajstić information content (AvgIpc) is 2.28. The minimum Gasteiger partial charge on any atom is -0.340 e. The van der Waals surface area contributed by atoms with Crippen LogP contribution in [0.5, 0.6) is 0 Å². The van der Waals surface area contributed by atoms with E-state index in [4.69, 9.17) is 5.84 Å². The fourth-order valence-electron chi connectivity index (χ4n) is 1.16. The molecule has 1 rings (SSSR count). The van der Waals surface area contributed by atoms with Gasteiger partial charge < -0.3 is 10.3 Å². The summed E-state index contributed by atoms with van der Waals surface area (Å²) in [7, 11) is 1.74. The van der Waals surface area contributed by atoms with Crippen LogP contribution in [0, 0.1) is 0 Å². The third-order valence-electron chi connectivity index (χ3n) is 1.94. The number of nitrogen functional groups attached to an aromatic ring is 1. The van der Waals surface area contributed by atoms with Crippen molar-refractivity contribution in [1.29, 1.82) is 0 Å². The number of anilines is 1. The van der Waals surface area contributed by atoms with E-state index >= 15 is 0 Å². The topological polar surface area (TPSA) is 84.1 Å². The zero-order chi connectivity index (χ0) is 11.3. The van der Waals surface area contributed by atoms with Crippen molar-refractivity contribution in [3.63, 3.8) is 0 Å². The van der Waals surface area contributed by atoms with Crippen LogP contribution in [0.1, 0.15) is 23.8 Å². The number of nitrogens with two attached hydrogens (primary N) is 1. The molecule has 0 unspecified atom stereocenters. The Morgan fingerprint density at radius 2 is 2.27 bits per heavy atom. The number of amides is 1. The third kappa shape index (κ3) is 2.88. The maximum atomic E-state index is 11.7. The van der Waals surface area contributed by atoms with Crippen LogP contribution in [-0.4, -0.2) is 34.6 Å². The molecule has 6 nitrogen and oxygen atoms in total. The molecule has 1 heterocycles. The zero-order valence-corrected chi connectivity index (χ0v) is 8.90. The van der Waals surface area contributed by atoms with Crippen LogP contribution in [0.4, 0.5) is 5.82 Å². The molecule has 0 aliphatic carbocycles. The van der Waals surface area contributed by atoms with E-state index in [0.717, 1.165) is 6.42 Å². The van der Waals surface area contributed by atoms with Crippen molar-refractivity contribution in [2.75, 3.05) is 19.0 Å². The molecule has 1 amide bonds. The third-order valence-corrected chi connectivity index (χ3v) is 1.94. The van der Waals surface area contributed by atoms with Crippen molar-refractivity contribution in [2.24, 2.45) is 5.84 Å². The Bertz CT molecular complexity index is 324. The van der Waals surface area contributed by atoms with Crippen LogP contribution in [-0.2, 0) is 0 Å². The van der Waals surface area contributed by atoms with Gasteiger partial charge in [-0.05, 0) is 18.6 Å². The van der Waals surface area contributed by atoms with Gasteiger partial charge in [0.2, 0.25) is 0 Å². The molecule has 3 N–H and O–H groups in total. The summed E-state index contributed by atoms with van der Waals surface area (Å²) >= 11 is 0. The molecular formula is C9H15N5O. The fourth-order valence-corrected chi connectivity index (χ4v) is 1.16. The standard InChI is InChI=1S/C9H15N5O/c1-3-6-14(2)9(15)7-4-5-8(11-10)13-12-7/h4-5H,3,6,10H2,1-2H3,(H,11,13). The first-order valence-corrected chi connectivity index (χ1v) is 4.74. The largest absolute Gasteiger partial charge is 0.340 e. The summed E-state index contributed by atoms with van der Waals surface area (Å²) in [6.07, 6.45) is 0.915. The summed E-state index contributed by atoms with van der Waals surface area (Å²) in [5, 5.41) is 7.50. The predicted molar refractivity (Wildman–Crippen MR) is 57.1 cm³/mol. The molecule has 0 saturated heterocycles. The highest BCUT2D eigenvalue weighted by Gasteiger charge is 2.12. The van der Waals surface area contributed by atoms with E-state index < -0.39 is 0 Å².